The van der Waals surface area contributed by atoms with Crippen LogP contribution in [0.15, 0.2) is 11.2 Å². The van der Waals surface area contributed by atoms with Gasteiger partial charge in [0.1, 0.15) is 5.03 Å². The second-order valence-corrected chi connectivity index (χ2v) is 1.96. The van der Waals surface area contributed by atoms with E-state index in [4.69, 9.17) is 0 Å². The fraction of sp³-hybridized carbons (Fsp3) is 0.333. The number of hydrazine groups is 1. The molecule has 0 aromatic carbocycles. The van der Waals surface area contributed by atoms with E-state index in [1.165, 1.54) is 11.9 Å². The van der Waals surface area contributed by atoms with Crippen LogP contribution in [0.25, 0.3) is 0 Å². The molecule has 0 aromatic heterocycles. The van der Waals surface area contributed by atoms with Crippen LogP contribution in [0.2, 0.25) is 0 Å². The highest BCUT2D eigenvalue weighted by molar-refractivity contribution is 8.01. The van der Waals surface area contributed by atoms with Crippen LogP contribution in [0.3, 0.4) is 0 Å². The molecule has 0 aliphatic carbocycles. The number of nitrogens with one attached hydrogen (secondary N) is 3. The highest BCUT2D eigenvalue weighted by Gasteiger charge is 1.97. The first kappa shape index (κ1) is 4.80. The Hall–Kier alpha value is -0.350. The van der Waals surface area contributed by atoms with Gasteiger partial charge in [0.15, 0.2) is 0 Å². The molecule has 1 aliphatic rings. The van der Waals surface area contributed by atoms with E-state index in [0.29, 0.717) is 0 Å². The summed E-state index contributed by atoms with van der Waals surface area (Å²) in [5, 5.41) is 4.07. The van der Waals surface area contributed by atoms with Gasteiger partial charge in [-0.1, -0.05) is 0 Å². The van der Waals surface area contributed by atoms with E-state index in [1.54, 1.807) is 0 Å². The van der Waals surface area contributed by atoms with Gasteiger partial charge in [-0.3, -0.25) is 0 Å². The molecule has 4 heteroatoms. The monoisotopic (exact) mass is 117 g/mol. The van der Waals surface area contributed by atoms with E-state index >= 15 is 0 Å². The maximum atomic E-state index is 2.96. The van der Waals surface area contributed by atoms with Crippen LogP contribution < -0.4 is 15.6 Å². The van der Waals surface area contributed by atoms with Crippen molar-refractivity contribution in [3.05, 3.63) is 11.2 Å². The Bertz CT molecular complexity index is 90.2. The Balaban J connectivity index is 2.36. The van der Waals surface area contributed by atoms with Gasteiger partial charge in [0.2, 0.25) is 0 Å². The lowest BCUT2D eigenvalue weighted by Gasteiger charge is -1.91. The van der Waals surface area contributed by atoms with Crippen LogP contribution in [-0.2, 0) is 0 Å². The van der Waals surface area contributed by atoms with Crippen molar-refractivity contribution in [2.24, 2.45) is 0 Å². The molecule has 0 saturated heterocycles. The average molecular weight is 117 g/mol. The number of rotatable bonds is 1. The predicted octanol–water partition coefficient (Wildman–Crippen LogP) is -0.239. The second kappa shape index (κ2) is 2.09. The predicted molar refractivity (Wildman–Crippen MR) is 31.0 cm³/mol. The van der Waals surface area contributed by atoms with Gasteiger partial charge in [0, 0.05) is 13.2 Å². The van der Waals surface area contributed by atoms with E-state index in [2.05, 4.69) is 15.6 Å². The smallest absolute Gasteiger partial charge is 0.102 e. The minimum atomic E-state index is 1.11. The third kappa shape index (κ3) is 1.01. The lowest BCUT2D eigenvalue weighted by Crippen LogP contribution is -2.11. The van der Waals surface area contributed by atoms with Crippen molar-refractivity contribution in [3.8, 4) is 0 Å². The molecule has 0 aromatic rings. The molecule has 0 radical (unpaired) electrons. The fourth-order valence-electron chi connectivity index (χ4n) is 0.332. The third-order valence-corrected chi connectivity index (χ3v) is 1.43. The van der Waals surface area contributed by atoms with Crippen molar-refractivity contribution in [2.75, 3.05) is 7.05 Å². The summed E-state index contributed by atoms with van der Waals surface area (Å²) in [4.78, 5) is 2.83. The molecule has 7 heavy (non-hydrogen) atoms. The standard InChI is InChI=1S/C3H7N3S/c1-4-3-2-5-6-7-3/h2,4-6H,1H3. The molecule has 1 heterocycles. The molecule has 0 fully saturated rings. The topological polar surface area (TPSA) is 36.1 Å². The van der Waals surface area contributed by atoms with Gasteiger partial charge in [-0.25, -0.2) is 0 Å². The minimum Gasteiger partial charge on any atom is -0.381 e. The Morgan fingerprint density at radius 2 is 2.71 bits per heavy atom. The zero-order valence-corrected chi connectivity index (χ0v) is 4.80. The van der Waals surface area contributed by atoms with Crippen molar-refractivity contribution >= 4 is 11.9 Å². The summed E-state index contributed by atoms with van der Waals surface area (Å²) in [6.45, 7) is 0. The van der Waals surface area contributed by atoms with Crippen molar-refractivity contribution in [1.82, 2.24) is 15.6 Å². The summed E-state index contributed by atoms with van der Waals surface area (Å²) < 4.78 is 0. The number of hydrogen-bond donors (Lipinski definition) is 3. The van der Waals surface area contributed by atoms with Crippen molar-refractivity contribution in [1.29, 1.82) is 0 Å². The molecule has 1 rings (SSSR count). The van der Waals surface area contributed by atoms with E-state index in [1.807, 2.05) is 13.2 Å². The van der Waals surface area contributed by atoms with Gasteiger partial charge in [0.05, 0.1) is 0 Å². The van der Waals surface area contributed by atoms with Crippen LogP contribution in [0.1, 0.15) is 0 Å². The molecule has 1 aliphatic heterocycles. The van der Waals surface area contributed by atoms with Gasteiger partial charge >= 0.3 is 0 Å². The van der Waals surface area contributed by atoms with Crippen LogP contribution in [-0.4, -0.2) is 7.05 Å². The first-order chi connectivity index (χ1) is 3.43. The van der Waals surface area contributed by atoms with E-state index in [0.717, 1.165) is 5.03 Å². The highest BCUT2D eigenvalue weighted by Crippen LogP contribution is 2.07. The normalized spacial score (nSPS) is 18.1. The molecule has 0 saturated carbocycles. The van der Waals surface area contributed by atoms with E-state index < -0.39 is 0 Å². The molecular formula is C3H7N3S. The lowest BCUT2D eigenvalue weighted by molar-refractivity contribution is 0.890. The summed E-state index contributed by atoms with van der Waals surface area (Å²) in [6.07, 6.45) is 1.87. The molecule has 0 atom stereocenters. The van der Waals surface area contributed by atoms with Crippen LogP contribution in [0.4, 0.5) is 0 Å². The third-order valence-electron chi connectivity index (χ3n) is 0.670. The van der Waals surface area contributed by atoms with Crippen LogP contribution in [0, 0.1) is 0 Å². The average Bonchev–Trinajstić information content (AvgIpc) is 2.14. The molecule has 0 unspecified atom stereocenters. The lowest BCUT2D eigenvalue weighted by atomic mass is 10.9. The zero-order valence-electron chi connectivity index (χ0n) is 3.99. The maximum Gasteiger partial charge on any atom is 0.102 e. The first-order valence-electron chi connectivity index (χ1n) is 1.99. The zero-order chi connectivity index (χ0) is 5.11. The SMILES string of the molecule is CNC1=CNNS1. The molecule has 3 nitrogen and oxygen atoms in total. The van der Waals surface area contributed by atoms with Crippen LogP contribution in [0.5, 0.6) is 0 Å². The molecule has 40 valence electrons. The summed E-state index contributed by atoms with van der Waals surface area (Å²) in [6, 6.07) is 0. The Kier molecular flexibility index (Phi) is 1.43. The molecule has 0 bridgehead atoms. The second-order valence-electron chi connectivity index (χ2n) is 1.11. The van der Waals surface area contributed by atoms with Crippen LogP contribution >= 0.6 is 11.9 Å². The fourth-order valence-corrected chi connectivity index (χ4v) is 0.780. The van der Waals surface area contributed by atoms with E-state index in [-0.39, 0.29) is 0 Å². The van der Waals surface area contributed by atoms with E-state index in [9.17, 15) is 0 Å². The van der Waals surface area contributed by atoms with Gasteiger partial charge in [-0.15, -0.1) is 0 Å². The van der Waals surface area contributed by atoms with Crippen molar-refractivity contribution in [3.63, 3.8) is 0 Å². The van der Waals surface area contributed by atoms with Gasteiger partial charge < -0.3 is 10.7 Å². The highest BCUT2D eigenvalue weighted by atomic mass is 32.2. The number of hydrogen-bond acceptors (Lipinski definition) is 4. The maximum absolute atomic E-state index is 2.96. The van der Waals surface area contributed by atoms with Crippen molar-refractivity contribution < 1.29 is 0 Å². The minimum absolute atomic E-state index is 1.11. The van der Waals surface area contributed by atoms with Gasteiger partial charge in [-0.05, 0) is 11.9 Å². The molecular weight excluding hydrogens is 110 g/mol. The summed E-state index contributed by atoms with van der Waals surface area (Å²) in [7, 11) is 1.88. The molecule has 3 N–H and O–H groups in total. The quantitative estimate of drug-likeness (QED) is 0.414. The first-order valence-corrected chi connectivity index (χ1v) is 2.80. The van der Waals surface area contributed by atoms with Gasteiger partial charge in [-0.2, -0.15) is 4.83 Å². The van der Waals surface area contributed by atoms with Gasteiger partial charge in [0.25, 0.3) is 0 Å². The molecule has 0 amide bonds. The molecule has 0 spiro atoms. The summed E-state index contributed by atoms with van der Waals surface area (Å²) in [5.74, 6) is 0. The Labute approximate surface area is 46.7 Å². The Morgan fingerprint density at radius 3 is 3.00 bits per heavy atom. The Morgan fingerprint density at radius 1 is 1.86 bits per heavy atom. The summed E-state index contributed by atoms with van der Waals surface area (Å²) in [5.41, 5.74) is 2.81. The summed E-state index contributed by atoms with van der Waals surface area (Å²) >= 11 is 1.53. The largest absolute Gasteiger partial charge is 0.381 e. The van der Waals surface area contributed by atoms with Crippen molar-refractivity contribution in [2.45, 2.75) is 0 Å².